The summed E-state index contributed by atoms with van der Waals surface area (Å²) in [6.07, 6.45) is 1.69. The Bertz CT molecular complexity index is 382. The predicted molar refractivity (Wildman–Crippen MR) is 90.5 cm³/mol. The number of aliphatic carboxylic acids is 1. The maximum Gasteiger partial charge on any atom is 0.307 e. The summed E-state index contributed by atoms with van der Waals surface area (Å²) in [4.78, 5) is 22.7. The molecule has 1 fully saturated rings. The van der Waals surface area contributed by atoms with Crippen LogP contribution in [-0.4, -0.2) is 31.8 Å². The fourth-order valence-electron chi connectivity index (χ4n) is 4.00. The third-order valence-electron chi connectivity index (χ3n) is 5.15. The van der Waals surface area contributed by atoms with Crippen molar-refractivity contribution < 1.29 is 19.1 Å². The number of rotatable bonds is 10. The normalized spacial score (nSPS) is 21.7. The SMILES string of the molecule is CC(C)[Si](OCCCC(=O)[C@@H]1C[C@@H]1C(=O)O)(C(C)C)C(C)C. The lowest BCUT2D eigenvalue weighted by atomic mass is 10.1. The number of ketones is 1. The first kappa shape index (κ1) is 19.4. The molecule has 0 spiro atoms. The van der Waals surface area contributed by atoms with Gasteiger partial charge in [0.05, 0.1) is 5.92 Å². The van der Waals surface area contributed by atoms with Crippen molar-refractivity contribution in [2.24, 2.45) is 11.8 Å². The molecule has 5 heteroatoms. The second kappa shape index (κ2) is 7.73. The number of carboxylic acid groups (broad SMARTS) is 1. The number of hydrogen-bond donors (Lipinski definition) is 1. The van der Waals surface area contributed by atoms with Gasteiger partial charge in [0, 0.05) is 18.9 Å². The summed E-state index contributed by atoms with van der Waals surface area (Å²) < 4.78 is 6.41. The van der Waals surface area contributed by atoms with Gasteiger partial charge in [-0.15, -0.1) is 0 Å². The van der Waals surface area contributed by atoms with Crippen LogP contribution in [0, 0.1) is 11.8 Å². The van der Waals surface area contributed by atoms with Crippen LogP contribution in [0.3, 0.4) is 0 Å². The Morgan fingerprint density at radius 3 is 1.91 bits per heavy atom. The van der Waals surface area contributed by atoms with Crippen molar-refractivity contribution in [1.29, 1.82) is 0 Å². The minimum Gasteiger partial charge on any atom is -0.481 e. The third-order valence-corrected chi connectivity index (χ3v) is 11.3. The highest BCUT2D eigenvalue weighted by Gasteiger charge is 2.48. The Kier molecular flexibility index (Phi) is 6.80. The van der Waals surface area contributed by atoms with Gasteiger partial charge >= 0.3 is 5.97 Å². The fourth-order valence-corrected chi connectivity index (χ4v) is 9.50. The zero-order valence-corrected chi connectivity index (χ0v) is 15.9. The summed E-state index contributed by atoms with van der Waals surface area (Å²) >= 11 is 0. The van der Waals surface area contributed by atoms with Crippen molar-refractivity contribution in [1.82, 2.24) is 0 Å². The monoisotopic (exact) mass is 328 g/mol. The van der Waals surface area contributed by atoms with Crippen LogP contribution in [0.25, 0.3) is 0 Å². The quantitative estimate of drug-likeness (QED) is 0.481. The Morgan fingerprint density at radius 2 is 1.55 bits per heavy atom. The van der Waals surface area contributed by atoms with E-state index >= 15 is 0 Å². The van der Waals surface area contributed by atoms with Crippen molar-refractivity contribution in [3.63, 3.8) is 0 Å². The van der Waals surface area contributed by atoms with Crippen LogP contribution in [0.4, 0.5) is 0 Å². The van der Waals surface area contributed by atoms with Crippen LogP contribution in [0.15, 0.2) is 0 Å². The number of carbonyl (C=O) groups is 2. The van der Waals surface area contributed by atoms with Crippen molar-refractivity contribution >= 4 is 20.1 Å². The molecule has 1 saturated carbocycles. The van der Waals surface area contributed by atoms with E-state index < -0.39 is 20.2 Å². The second-order valence-corrected chi connectivity index (χ2v) is 13.0. The Labute approximate surface area is 135 Å². The van der Waals surface area contributed by atoms with Gasteiger partial charge in [-0.1, -0.05) is 41.5 Å². The Morgan fingerprint density at radius 1 is 1.05 bits per heavy atom. The Hall–Kier alpha value is -0.683. The van der Waals surface area contributed by atoms with Gasteiger partial charge in [-0.2, -0.15) is 0 Å². The molecule has 0 unspecified atom stereocenters. The smallest absolute Gasteiger partial charge is 0.307 e. The minimum absolute atomic E-state index is 0.0990. The fraction of sp³-hybridized carbons (Fsp3) is 0.882. The maximum atomic E-state index is 11.9. The number of Topliss-reactive ketones (excluding diaryl/α,β-unsaturated/α-hetero) is 1. The van der Waals surface area contributed by atoms with E-state index in [2.05, 4.69) is 41.5 Å². The van der Waals surface area contributed by atoms with E-state index in [1.54, 1.807) is 0 Å². The molecular weight excluding hydrogens is 296 g/mol. The number of hydrogen-bond acceptors (Lipinski definition) is 3. The zero-order valence-electron chi connectivity index (χ0n) is 14.9. The van der Waals surface area contributed by atoms with Crippen molar-refractivity contribution in [2.45, 2.75) is 77.4 Å². The van der Waals surface area contributed by atoms with Gasteiger partial charge in [0.1, 0.15) is 5.78 Å². The molecule has 2 atom stereocenters. The third kappa shape index (κ3) is 4.19. The largest absolute Gasteiger partial charge is 0.481 e. The molecule has 128 valence electrons. The highest BCUT2D eigenvalue weighted by Crippen LogP contribution is 2.43. The van der Waals surface area contributed by atoms with Gasteiger partial charge < -0.3 is 9.53 Å². The first-order valence-corrected chi connectivity index (χ1v) is 10.7. The van der Waals surface area contributed by atoms with Gasteiger partial charge in [-0.3, -0.25) is 9.59 Å². The molecule has 22 heavy (non-hydrogen) atoms. The molecule has 0 amide bonds. The standard InChI is InChI=1S/C17H32O4Si/c1-11(2)22(12(3)4,13(5)6)21-9-7-8-16(18)14-10-15(14)17(19)20/h11-15H,7-10H2,1-6H3,(H,19,20)/t14-,15+/m1/s1. The average molecular weight is 329 g/mol. The minimum atomic E-state index is -1.85. The summed E-state index contributed by atoms with van der Waals surface area (Å²) in [5.74, 6) is -1.40. The zero-order chi connectivity index (χ0) is 17.1. The summed E-state index contributed by atoms with van der Waals surface area (Å²) in [6.45, 7) is 14.1. The first-order chi connectivity index (χ1) is 10.1. The van der Waals surface area contributed by atoms with Gasteiger partial charge in [0.15, 0.2) is 8.32 Å². The van der Waals surface area contributed by atoms with Crippen LogP contribution in [0.5, 0.6) is 0 Å². The molecule has 0 bridgehead atoms. The molecule has 0 aromatic rings. The molecule has 0 heterocycles. The number of carbonyl (C=O) groups excluding carboxylic acids is 1. The molecule has 0 aromatic carbocycles. The van der Waals surface area contributed by atoms with E-state index in [-0.39, 0.29) is 11.7 Å². The predicted octanol–water partition coefficient (Wildman–Crippen LogP) is 4.25. The van der Waals surface area contributed by atoms with E-state index in [1.165, 1.54) is 0 Å². The molecule has 4 nitrogen and oxygen atoms in total. The molecule has 0 radical (unpaired) electrons. The van der Waals surface area contributed by atoms with Gasteiger partial charge in [0.25, 0.3) is 0 Å². The molecule has 1 aliphatic rings. The second-order valence-electron chi connectivity index (χ2n) is 7.52. The van der Waals surface area contributed by atoms with E-state index in [1.807, 2.05) is 0 Å². The summed E-state index contributed by atoms with van der Waals surface area (Å²) in [5, 5.41) is 8.86. The lowest BCUT2D eigenvalue weighted by Gasteiger charge is -2.42. The van der Waals surface area contributed by atoms with E-state index in [9.17, 15) is 9.59 Å². The molecule has 1 rings (SSSR count). The summed E-state index contributed by atoms with van der Waals surface area (Å²) in [5.41, 5.74) is 1.63. The van der Waals surface area contributed by atoms with Crippen molar-refractivity contribution in [3.05, 3.63) is 0 Å². The van der Waals surface area contributed by atoms with Gasteiger partial charge in [0.2, 0.25) is 0 Å². The molecule has 0 saturated heterocycles. The van der Waals surface area contributed by atoms with E-state index in [0.717, 1.165) is 0 Å². The lowest BCUT2D eigenvalue weighted by Crippen LogP contribution is -2.48. The molecular formula is C17H32O4Si. The molecule has 1 aliphatic carbocycles. The van der Waals surface area contributed by atoms with Gasteiger partial charge in [-0.25, -0.2) is 0 Å². The lowest BCUT2D eigenvalue weighted by molar-refractivity contribution is -0.140. The van der Waals surface area contributed by atoms with Gasteiger partial charge in [-0.05, 0) is 29.5 Å². The highest BCUT2D eigenvalue weighted by atomic mass is 28.4. The van der Waals surface area contributed by atoms with Crippen LogP contribution in [0.1, 0.15) is 60.8 Å². The molecule has 0 aromatic heterocycles. The van der Waals surface area contributed by atoms with E-state index in [4.69, 9.17) is 9.53 Å². The van der Waals surface area contributed by atoms with Crippen molar-refractivity contribution in [3.8, 4) is 0 Å². The maximum absolute atomic E-state index is 11.9. The Balaban J connectivity index is 2.44. The summed E-state index contributed by atoms with van der Waals surface area (Å²) in [6, 6.07) is 0. The number of carboxylic acids is 1. The van der Waals surface area contributed by atoms with Crippen LogP contribution in [0.2, 0.25) is 16.6 Å². The van der Waals surface area contributed by atoms with Crippen LogP contribution in [-0.2, 0) is 14.0 Å². The van der Waals surface area contributed by atoms with E-state index in [0.29, 0.717) is 42.5 Å². The average Bonchev–Trinajstić information content (AvgIpc) is 3.17. The van der Waals surface area contributed by atoms with Crippen molar-refractivity contribution in [2.75, 3.05) is 6.61 Å². The van der Waals surface area contributed by atoms with Crippen LogP contribution >= 0.6 is 0 Å². The highest BCUT2D eigenvalue weighted by molar-refractivity contribution is 6.77. The molecule has 0 aliphatic heterocycles. The summed E-state index contributed by atoms with van der Waals surface area (Å²) in [7, 11) is -1.85. The van der Waals surface area contributed by atoms with Crippen LogP contribution < -0.4 is 0 Å². The first-order valence-electron chi connectivity index (χ1n) is 8.54. The topological polar surface area (TPSA) is 63.6 Å². The molecule has 1 N–H and O–H groups in total.